The second-order valence-corrected chi connectivity index (χ2v) is 6.12. The highest BCUT2D eigenvalue weighted by molar-refractivity contribution is 6.31. The molecule has 4 nitrogen and oxygen atoms in total. The molecule has 0 saturated carbocycles. The lowest BCUT2D eigenvalue weighted by molar-refractivity contribution is 0.151. The van der Waals surface area contributed by atoms with Gasteiger partial charge in [-0.25, -0.2) is 0 Å². The minimum absolute atomic E-state index is 0.558. The molecule has 1 aromatic rings. The lowest BCUT2D eigenvalue weighted by Crippen LogP contribution is -2.27. The van der Waals surface area contributed by atoms with Crippen LogP contribution < -0.4 is 4.90 Å². The number of piperidine rings is 1. The standard InChI is InChI=1S/C17H26ClN3O/c1-4-22-13-20(3)17-9-8-15(18)12-16(17)14(2)19-21-10-6-5-7-11-21/h8-9,12H,4-7,10-11,13H2,1-3H3/b19-14-. The van der Waals surface area contributed by atoms with E-state index >= 15 is 0 Å². The minimum Gasteiger partial charge on any atom is -0.361 e. The maximum Gasteiger partial charge on any atom is 0.118 e. The van der Waals surface area contributed by atoms with Crippen LogP contribution in [0.25, 0.3) is 0 Å². The van der Waals surface area contributed by atoms with Gasteiger partial charge < -0.3 is 9.64 Å². The van der Waals surface area contributed by atoms with Gasteiger partial charge in [0.15, 0.2) is 0 Å². The quantitative estimate of drug-likeness (QED) is 0.585. The molecule has 0 N–H and O–H groups in total. The molecular formula is C17H26ClN3O. The Bertz CT molecular complexity index is 513. The van der Waals surface area contributed by atoms with E-state index in [1.807, 2.05) is 32.2 Å². The highest BCUT2D eigenvalue weighted by Gasteiger charge is 2.13. The fourth-order valence-corrected chi connectivity index (χ4v) is 2.84. The Balaban J connectivity index is 2.23. The molecule has 5 heteroatoms. The second-order valence-electron chi connectivity index (χ2n) is 5.68. The molecule has 0 radical (unpaired) electrons. The SMILES string of the molecule is CCOCN(C)c1ccc(Cl)cc1/C(C)=N\N1CCCCC1. The van der Waals surface area contributed by atoms with Crippen LogP contribution in [0, 0.1) is 0 Å². The number of hydrazone groups is 1. The predicted octanol–water partition coefficient (Wildman–Crippen LogP) is 3.98. The van der Waals surface area contributed by atoms with Crippen molar-refractivity contribution in [1.29, 1.82) is 0 Å². The van der Waals surface area contributed by atoms with Crippen molar-refractivity contribution in [3.05, 3.63) is 28.8 Å². The summed E-state index contributed by atoms with van der Waals surface area (Å²) in [6, 6.07) is 5.94. The van der Waals surface area contributed by atoms with E-state index in [0.717, 1.165) is 35.1 Å². The molecule has 1 fully saturated rings. The van der Waals surface area contributed by atoms with E-state index in [9.17, 15) is 0 Å². The third-order valence-electron chi connectivity index (χ3n) is 3.87. The van der Waals surface area contributed by atoms with Crippen molar-refractivity contribution < 1.29 is 4.74 Å². The van der Waals surface area contributed by atoms with Crippen molar-refractivity contribution in [3.8, 4) is 0 Å². The summed E-state index contributed by atoms with van der Waals surface area (Å²) < 4.78 is 5.51. The van der Waals surface area contributed by atoms with Crippen LogP contribution in [-0.2, 0) is 4.74 Å². The van der Waals surface area contributed by atoms with Gasteiger partial charge in [0.2, 0.25) is 0 Å². The molecule has 1 saturated heterocycles. The van der Waals surface area contributed by atoms with E-state index in [1.54, 1.807) is 0 Å². The minimum atomic E-state index is 0.558. The summed E-state index contributed by atoms with van der Waals surface area (Å²) >= 11 is 6.19. The van der Waals surface area contributed by atoms with Gasteiger partial charge in [0.25, 0.3) is 0 Å². The zero-order valence-corrected chi connectivity index (χ0v) is 14.6. The molecule has 1 aromatic carbocycles. The number of ether oxygens (including phenoxy) is 1. The Labute approximate surface area is 138 Å². The van der Waals surface area contributed by atoms with Crippen molar-refractivity contribution >= 4 is 23.0 Å². The molecule has 1 heterocycles. The van der Waals surface area contributed by atoms with E-state index in [-0.39, 0.29) is 0 Å². The van der Waals surface area contributed by atoms with Crippen molar-refractivity contribution in [2.75, 3.05) is 38.4 Å². The predicted molar refractivity (Wildman–Crippen MR) is 94.0 cm³/mol. The summed E-state index contributed by atoms with van der Waals surface area (Å²) in [4.78, 5) is 2.09. The third kappa shape index (κ3) is 4.62. The van der Waals surface area contributed by atoms with Crippen LogP contribution in [0.2, 0.25) is 5.02 Å². The van der Waals surface area contributed by atoms with Gasteiger partial charge in [0, 0.05) is 43.0 Å². The summed E-state index contributed by atoms with van der Waals surface area (Å²) in [5.41, 5.74) is 3.17. The van der Waals surface area contributed by atoms with Crippen LogP contribution in [0.15, 0.2) is 23.3 Å². The normalized spacial score (nSPS) is 16.0. The Morgan fingerprint density at radius 1 is 1.32 bits per heavy atom. The molecule has 22 heavy (non-hydrogen) atoms. The van der Waals surface area contributed by atoms with Crippen molar-refractivity contribution in [2.24, 2.45) is 5.10 Å². The molecule has 0 amide bonds. The Kier molecular flexibility index (Phi) is 6.52. The van der Waals surface area contributed by atoms with Crippen LogP contribution >= 0.6 is 11.6 Å². The first-order valence-corrected chi connectivity index (χ1v) is 8.38. The van der Waals surface area contributed by atoms with E-state index in [2.05, 4.69) is 16.8 Å². The number of hydrogen-bond acceptors (Lipinski definition) is 4. The van der Waals surface area contributed by atoms with Crippen molar-refractivity contribution in [1.82, 2.24) is 5.01 Å². The topological polar surface area (TPSA) is 28.1 Å². The number of nitrogens with zero attached hydrogens (tertiary/aromatic N) is 3. The van der Waals surface area contributed by atoms with Gasteiger partial charge >= 0.3 is 0 Å². The van der Waals surface area contributed by atoms with Gasteiger partial charge in [-0.1, -0.05) is 11.6 Å². The van der Waals surface area contributed by atoms with E-state index in [4.69, 9.17) is 21.4 Å². The number of rotatable bonds is 6. The van der Waals surface area contributed by atoms with E-state index in [1.165, 1.54) is 19.3 Å². The molecular weight excluding hydrogens is 298 g/mol. The smallest absolute Gasteiger partial charge is 0.118 e. The highest BCUT2D eigenvalue weighted by atomic mass is 35.5. The maximum absolute atomic E-state index is 6.19. The average molecular weight is 324 g/mol. The lowest BCUT2D eigenvalue weighted by Gasteiger charge is -2.26. The summed E-state index contributed by atoms with van der Waals surface area (Å²) in [7, 11) is 2.02. The average Bonchev–Trinajstić information content (AvgIpc) is 2.53. The first-order valence-electron chi connectivity index (χ1n) is 8.00. The summed E-state index contributed by atoms with van der Waals surface area (Å²) in [5, 5.41) is 7.70. The number of hydrogen-bond donors (Lipinski definition) is 0. The van der Waals surface area contributed by atoms with E-state index in [0.29, 0.717) is 13.3 Å². The van der Waals surface area contributed by atoms with Crippen LogP contribution in [0.1, 0.15) is 38.7 Å². The molecule has 0 aromatic heterocycles. The van der Waals surface area contributed by atoms with Gasteiger partial charge in [0.05, 0.1) is 5.71 Å². The fourth-order valence-electron chi connectivity index (χ4n) is 2.67. The first-order chi connectivity index (χ1) is 10.6. The van der Waals surface area contributed by atoms with Crippen LogP contribution in [0.5, 0.6) is 0 Å². The zero-order chi connectivity index (χ0) is 15.9. The Hall–Kier alpha value is -1.26. The van der Waals surface area contributed by atoms with E-state index < -0.39 is 0 Å². The van der Waals surface area contributed by atoms with Crippen LogP contribution in [0.4, 0.5) is 5.69 Å². The van der Waals surface area contributed by atoms with Crippen molar-refractivity contribution in [3.63, 3.8) is 0 Å². The molecule has 1 aliphatic rings. The Morgan fingerprint density at radius 3 is 2.73 bits per heavy atom. The van der Waals surface area contributed by atoms with Crippen LogP contribution in [-0.4, -0.2) is 44.2 Å². The monoisotopic (exact) mass is 323 g/mol. The zero-order valence-electron chi connectivity index (χ0n) is 13.8. The molecule has 0 atom stereocenters. The fraction of sp³-hybridized carbons (Fsp3) is 0.588. The number of anilines is 1. The summed E-state index contributed by atoms with van der Waals surface area (Å²) in [6.45, 7) is 7.40. The molecule has 1 aliphatic heterocycles. The largest absolute Gasteiger partial charge is 0.361 e. The molecule has 122 valence electrons. The number of benzene rings is 1. The number of halogens is 1. The van der Waals surface area contributed by atoms with Gasteiger partial charge in [-0.05, 0) is 51.3 Å². The molecule has 0 unspecified atom stereocenters. The summed E-state index contributed by atoms with van der Waals surface area (Å²) in [5.74, 6) is 0. The first kappa shape index (κ1) is 17.1. The molecule has 0 aliphatic carbocycles. The third-order valence-corrected chi connectivity index (χ3v) is 4.11. The molecule has 0 spiro atoms. The lowest BCUT2D eigenvalue weighted by atomic mass is 10.1. The Morgan fingerprint density at radius 2 is 2.05 bits per heavy atom. The van der Waals surface area contributed by atoms with Crippen LogP contribution in [0.3, 0.4) is 0 Å². The van der Waals surface area contributed by atoms with Gasteiger partial charge in [0.1, 0.15) is 6.73 Å². The van der Waals surface area contributed by atoms with Gasteiger partial charge in [-0.15, -0.1) is 0 Å². The highest BCUT2D eigenvalue weighted by Crippen LogP contribution is 2.25. The molecule has 0 bridgehead atoms. The summed E-state index contributed by atoms with van der Waals surface area (Å²) in [6.07, 6.45) is 3.76. The van der Waals surface area contributed by atoms with Gasteiger partial charge in [-0.3, -0.25) is 5.01 Å². The van der Waals surface area contributed by atoms with Crippen molar-refractivity contribution in [2.45, 2.75) is 33.1 Å². The maximum atomic E-state index is 6.19. The second kappa shape index (κ2) is 8.39. The van der Waals surface area contributed by atoms with Gasteiger partial charge in [-0.2, -0.15) is 5.10 Å². The molecule has 2 rings (SSSR count).